The van der Waals surface area contributed by atoms with E-state index in [9.17, 15) is 10.2 Å². The molecule has 0 aliphatic rings. The summed E-state index contributed by atoms with van der Waals surface area (Å²) in [7, 11) is 0. The molecule has 17 heavy (non-hydrogen) atoms. The number of hydrogen-bond donors (Lipinski definition) is 2. The molecule has 0 amide bonds. The van der Waals surface area contributed by atoms with Gasteiger partial charge in [-0.15, -0.1) is 0 Å². The summed E-state index contributed by atoms with van der Waals surface area (Å²) in [6, 6.07) is 3.87. The average Bonchev–Trinajstić information content (AvgIpc) is 2.37. The molecule has 6 heteroatoms. The minimum absolute atomic E-state index is 0.119. The molecule has 6 nitrogen and oxygen atoms in total. The Morgan fingerprint density at radius 2 is 1.29 bits per heavy atom. The molecular weight excluding hydrogens is 224 g/mol. The lowest BCUT2D eigenvalue weighted by Gasteiger charge is -2.28. The van der Waals surface area contributed by atoms with Crippen molar-refractivity contribution in [2.75, 3.05) is 39.6 Å². The molecule has 0 rings (SSSR count). The Bertz CT molecular complexity index is 242. The first kappa shape index (κ1) is 15.8. The molecule has 96 valence electrons. The molecule has 0 spiro atoms. The van der Waals surface area contributed by atoms with Crippen LogP contribution in [0.2, 0.25) is 0 Å². The predicted molar refractivity (Wildman–Crippen MR) is 58.7 cm³/mol. The van der Waals surface area contributed by atoms with Crippen LogP contribution in [0.1, 0.15) is 12.8 Å². The van der Waals surface area contributed by atoms with Gasteiger partial charge in [-0.1, -0.05) is 0 Å². The van der Waals surface area contributed by atoms with Crippen LogP contribution < -0.4 is 0 Å². The molecule has 0 fully saturated rings. The van der Waals surface area contributed by atoms with Gasteiger partial charge < -0.3 is 19.7 Å². The molecule has 0 aromatic rings. The Morgan fingerprint density at radius 1 is 0.882 bits per heavy atom. The van der Waals surface area contributed by atoms with Gasteiger partial charge in [0.25, 0.3) is 0 Å². The van der Waals surface area contributed by atoms with Crippen molar-refractivity contribution in [3.63, 3.8) is 0 Å². The van der Waals surface area contributed by atoms with Crippen molar-refractivity contribution in [2.24, 2.45) is 5.41 Å². The number of nitrogens with zero attached hydrogens (tertiary/aromatic N) is 2. The van der Waals surface area contributed by atoms with Crippen LogP contribution in [0.5, 0.6) is 0 Å². The van der Waals surface area contributed by atoms with Crippen LogP contribution in [-0.2, 0) is 9.47 Å². The van der Waals surface area contributed by atoms with Crippen LogP contribution in [0.3, 0.4) is 0 Å². The van der Waals surface area contributed by atoms with Crippen molar-refractivity contribution in [1.82, 2.24) is 0 Å². The molecule has 0 radical (unpaired) electrons. The maximum Gasteiger partial charge on any atom is 0.0645 e. The average molecular weight is 242 g/mol. The quantitative estimate of drug-likeness (QED) is 0.514. The fourth-order valence-corrected chi connectivity index (χ4v) is 1.09. The van der Waals surface area contributed by atoms with Gasteiger partial charge in [-0.3, -0.25) is 0 Å². The van der Waals surface area contributed by atoms with Crippen molar-refractivity contribution >= 4 is 0 Å². The molecule has 0 unspecified atom stereocenters. The van der Waals surface area contributed by atoms with E-state index in [-0.39, 0.29) is 52.5 Å². The van der Waals surface area contributed by atoms with Crippen LogP contribution in [0.25, 0.3) is 0 Å². The van der Waals surface area contributed by atoms with Crippen molar-refractivity contribution in [3.8, 4) is 12.1 Å². The molecule has 0 aliphatic carbocycles. The highest BCUT2D eigenvalue weighted by Gasteiger charge is 2.29. The second kappa shape index (κ2) is 10.0. The van der Waals surface area contributed by atoms with E-state index in [1.165, 1.54) is 0 Å². The lowest BCUT2D eigenvalue weighted by Crippen LogP contribution is -2.40. The summed E-state index contributed by atoms with van der Waals surface area (Å²) in [5.74, 6) is 0. The number of ether oxygens (including phenoxy) is 2. The summed E-state index contributed by atoms with van der Waals surface area (Å²) in [5, 5.41) is 35.1. The summed E-state index contributed by atoms with van der Waals surface area (Å²) >= 11 is 0. The third-order valence-corrected chi connectivity index (χ3v) is 2.20. The Hall–Kier alpha value is -1.18. The van der Waals surface area contributed by atoms with E-state index in [1.807, 2.05) is 12.1 Å². The molecule has 0 saturated carbocycles. The molecule has 0 bridgehead atoms. The molecule has 0 atom stereocenters. The minimum Gasteiger partial charge on any atom is -0.396 e. The molecule has 2 N–H and O–H groups in total. The summed E-state index contributed by atoms with van der Waals surface area (Å²) < 4.78 is 10.4. The monoisotopic (exact) mass is 242 g/mol. The Balaban J connectivity index is 3.98. The van der Waals surface area contributed by atoms with Gasteiger partial charge in [0.05, 0.1) is 70.0 Å². The van der Waals surface area contributed by atoms with E-state index >= 15 is 0 Å². The van der Waals surface area contributed by atoms with Gasteiger partial charge in [0, 0.05) is 0 Å². The first-order chi connectivity index (χ1) is 8.24. The topological polar surface area (TPSA) is 106 Å². The van der Waals surface area contributed by atoms with E-state index in [0.717, 1.165) is 0 Å². The lowest BCUT2D eigenvalue weighted by atomic mass is 9.92. The molecule has 0 saturated heterocycles. The van der Waals surface area contributed by atoms with E-state index in [2.05, 4.69) is 0 Å². The zero-order valence-corrected chi connectivity index (χ0v) is 9.76. The zero-order chi connectivity index (χ0) is 13.0. The second-order valence-corrected chi connectivity index (χ2v) is 3.74. The molecule has 0 aromatic heterocycles. The van der Waals surface area contributed by atoms with Crippen LogP contribution in [0, 0.1) is 28.1 Å². The fourth-order valence-electron chi connectivity index (χ4n) is 1.09. The Kier molecular flexibility index (Phi) is 9.31. The fraction of sp³-hybridized carbons (Fsp3) is 0.818. The summed E-state index contributed by atoms with van der Waals surface area (Å²) in [5.41, 5.74) is -0.870. The highest BCUT2D eigenvalue weighted by Crippen LogP contribution is 2.17. The van der Waals surface area contributed by atoms with Gasteiger partial charge in [0.2, 0.25) is 0 Å². The first-order valence-electron chi connectivity index (χ1n) is 5.36. The van der Waals surface area contributed by atoms with Crippen molar-refractivity contribution in [1.29, 1.82) is 10.5 Å². The molecule has 0 aliphatic heterocycles. The van der Waals surface area contributed by atoms with Gasteiger partial charge in [0.1, 0.15) is 0 Å². The van der Waals surface area contributed by atoms with E-state index in [1.54, 1.807) is 0 Å². The largest absolute Gasteiger partial charge is 0.396 e. The maximum absolute atomic E-state index is 9.24. The smallest absolute Gasteiger partial charge is 0.0645 e. The van der Waals surface area contributed by atoms with Crippen molar-refractivity contribution in [3.05, 3.63) is 0 Å². The minimum atomic E-state index is -0.870. The normalized spacial score (nSPS) is 10.8. The summed E-state index contributed by atoms with van der Waals surface area (Å²) in [4.78, 5) is 0. The number of aliphatic hydroxyl groups is 2. The van der Waals surface area contributed by atoms with Crippen LogP contribution >= 0.6 is 0 Å². The second-order valence-electron chi connectivity index (χ2n) is 3.74. The molecule has 0 aromatic carbocycles. The van der Waals surface area contributed by atoms with Crippen molar-refractivity contribution < 1.29 is 19.7 Å². The number of hydrogen-bond acceptors (Lipinski definition) is 6. The standard InChI is InChI=1S/C11H18N2O4/c12-3-1-5-16-9-11(7-14,8-15)10-17-6-2-4-13/h14-15H,1-2,5-10H2. The van der Waals surface area contributed by atoms with Gasteiger partial charge in [-0.05, 0) is 0 Å². The van der Waals surface area contributed by atoms with Gasteiger partial charge >= 0.3 is 0 Å². The van der Waals surface area contributed by atoms with Gasteiger partial charge in [0.15, 0.2) is 0 Å². The van der Waals surface area contributed by atoms with Gasteiger partial charge in [-0.2, -0.15) is 10.5 Å². The highest BCUT2D eigenvalue weighted by atomic mass is 16.5. The number of nitriles is 2. The predicted octanol–water partition coefficient (Wildman–Crippen LogP) is -0.182. The number of aliphatic hydroxyl groups excluding tert-OH is 2. The van der Waals surface area contributed by atoms with Crippen molar-refractivity contribution in [2.45, 2.75) is 12.8 Å². The molecular formula is C11H18N2O4. The van der Waals surface area contributed by atoms with Gasteiger partial charge in [-0.25, -0.2) is 0 Å². The van der Waals surface area contributed by atoms with Crippen LogP contribution in [0.15, 0.2) is 0 Å². The third kappa shape index (κ3) is 6.88. The third-order valence-electron chi connectivity index (χ3n) is 2.20. The summed E-state index contributed by atoms with van der Waals surface area (Å²) in [6.45, 7) is 0.209. The first-order valence-corrected chi connectivity index (χ1v) is 5.36. The zero-order valence-electron chi connectivity index (χ0n) is 9.76. The van der Waals surface area contributed by atoms with Crippen LogP contribution in [0.4, 0.5) is 0 Å². The lowest BCUT2D eigenvalue weighted by molar-refractivity contribution is -0.0753. The highest BCUT2D eigenvalue weighted by molar-refractivity contribution is 4.78. The Labute approximate surface area is 101 Å². The SMILES string of the molecule is N#CCCOCC(CO)(CO)COCCC#N. The van der Waals surface area contributed by atoms with E-state index in [0.29, 0.717) is 0 Å². The van der Waals surface area contributed by atoms with E-state index in [4.69, 9.17) is 20.0 Å². The summed E-state index contributed by atoms with van der Waals surface area (Å²) in [6.07, 6.45) is 0.532. The van der Waals surface area contributed by atoms with Crippen LogP contribution in [-0.4, -0.2) is 49.9 Å². The maximum atomic E-state index is 9.24. The Morgan fingerprint density at radius 3 is 1.59 bits per heavy atom. The number of rotatable bonds is 10. The molecule has 0 heterocycles. The van der Waals surface area contributed by atoms with E-state index < -0.39 is 5.41 Å².